The monoisotopic (exact) mass is 1140 g/mol. The van der Waals surface area contributed by atoms with E-state index in [9.17, 15) is 19.0 Å². The summed E-state index contributed by atoms with van der Waals surface area (Å²) < 4.78 is 34.3. The molecular formula is C70H126NO8P. The lowest BCUT2D eigenvalue weighted by Gasteiger charge is -2.28. The fraction of sp³-hybridized carbons (Fsp3) is 0.771. The van der Waals surface area contributed by atoms with Gasteiger partial charge in [-0.1, -0.05) is 279 Å². The highest BCUT2D eigenvalue weighted by molar-refractivity contribution is 7.45. The van der Waals surface area contributed by atoms with E-state index in [2.05, 4.69) is 98.9 Å². The zero-order valence-corrected chi connectivity index (χ0v) is 53.7. The summed E-state index contributed by atoms with van der Waals surface area (Å²) in [6, 6.07) is 0. The first-order valence-corrected chi connectivity index (χ1v) is 34.8. The summed E-state index contributed by atoms with van der Waals surface area (Å²) in [7, 11) is 1.17. The molecule has 2 unspecified atom stereocenters. The minimum Gasteiger partial charge on any atom is -0.756 e. The fourth-order valence-corrected chi connectivity index (χ4v) is 10.0. The van der Waals surface area contributed by atoms with Crippen molar-refractivity contribution in [1.29, 1.82) is 0 Å². The Morgan fingerprint density at radius 2 is 0.713 bits per heavy atom. The molecule has 0 aliphatic carbocycles. The van der Waals surface area contributed by atoms with Gasteiger partial charge in [0.2, 0.25) is 0 Å². The summed E-state index contributed by atoms with van der Waals surface area (Å²) in [5.74, 6) is -0.828. The van der Waals surface area contributed by atoms with Gasteiger partial charge >= 0.3 is 11.9 Å². The molecule has 9 nitrogen and oxygen atoms in total. The minimum absolute atomic E-state index is 0.0331. The average Bonchev–Trinajstić information content (AvgIpc) is 3.42. The van der Waals surface area contributed by atoms with Gasteiger partial charge in [-0.2, -0.15) is 0 Å². The maximum atomic E-state index is 12.8. The van der Waals surface area contributed by atoms with Crippen molar-refractivity contribution >= 4 is 19.8 Å². The molecule has 0 aliphatic rings. The third-order valence-electron chi connectivity index (χ3n) is 14.4. The number of phosphoric acid groups is 1. The van der Waals surface area contributed by atoms with Gasteiger partial charge in [-0.25, -0.2) is 0 Å². The van der Waals surface area contributed by atoms with Crippen LogP contribution in [0.2, 0.25) is 0 Å². The number of nitrogens with zero attached hydrogens (tertiary/aromatic N) is 1. The Bertz CT molecular complexity index is 1630. The fourth-order valence-electron chi connectivity index (χ4n) is 9.30. The Morgan fingerprint density at radius 3 is 1.07 bits per heavy atom. The first-order chi connectivity index (χ1) is 39.0. The highest BCUT2D eigenvalue weighted by atomic mass is 31.2. The Morgan fingerprint density at radius 1 is 0.400 bits per heavy atom. The minimum atomic E-state index is -4.64. The lowest BCUT2D eigenvalue weighted by atomic mass is 10.0. The number of allylic oxidation sites excluding steroid dienone is 14. The number of esters is 2. The number of likely N-dealkylation sites (N-methyl/N-ethyl adjacent to an activating group) is 1. The smallest absolute Gasteiger partial charge is 0.306 e. The second-order valence-electron chi connectivity index (χ2n) is 23.5. The van der Waals surface area contributed by atoms with Crippen LogP contribution in [0.15, 0.2) is 85.1 Å². The van der Waals surface area contributed by atoms with Gasteiger partial charge in [0, 0.05) is 12.8 Å². The molecule has 0 amide bonds. The van der Waals surface area contributed by atoms with Crippen molar-refractivity contribution in [2.75, 3.05) is 47.5 Å². The van der Waals surface area contributed by atoms with E-state index in [1.54, 1.807) is 0 Å². The molecule has 0 fully saturated rings. The molecule has 0 spiro atoms. The quantitative estimate of drug-likeness (QED) is 0.0195. The van der Waals surface area contributed by atoms with Crippen LogP contribution in [-0.4, -0.2) is 70.0 Å². The molecule has 0 N–H and O–H groups in total. The van der Waals surface area contributed by atoms with E-state index < -0.39 is 26.5 Å². The predicted octanol–water partition coefficient (Wildman–Crippen LogP) is 20.7. The van der Waals surface area contributed by atoms with Crippen molar-refractivity contribution in [2.24, 2.45) is 0 Å². The van der Waals surface area contributed by atoms with Gasteiger partial charge in [0.25, 0.3) is 7.82 Å². The van der Waals surface area contributed by atoms with Crippen LogP contribution in [0.25, 0.3) is 0 Å². The van der Waals surface area contributed by atoms with Crippen molar-refractivity contribution < 1.29 is 42.1 Å². The van der Waals surface area contributed by atoms with Crippen molar-refractivity contribution in [1.82, 2.24) is 0 Å². The van der Waals surface area contributed by atoms with Crippen LogP contribution >= 0.6 is 7.82 Å². The molecule has 0 aromatic rings. The highest BCUT2D eigenvalue weighted by Crippen LogP contribution is 2.38. The molecule has 0 aromatic heterocycles. The normalized spacial score (nSPS) is 13.7. The van der Waals surface area contributed by atoms with E-state index in [-0.39, 0.29) is 32.0 Å². The van der Waals surface area contributed by atoms with Gasteiger partial charge in [-0.15, -0.1) is 0 Å². The summed E-state index contributed by atoms with van der Waals surface area (Å²) in [6.07, 6.45) is 82.2. The molecule has 2 atom stereocenters. The Kier molecular flexibility index (Phi) is 58.6. The van der Waals surface area contributed by atoms with E-state index in [1.807, 2.05) is 21.1 Å². The SMILES string of the molecule is CC/C=C\C/C=C\C/C=C\C/C=C\C/C=C\C/C=C\CCCCCCCCCCCCCCC(=O)OC(COC(=O)CCCCCCCCCCCCCCC/C=C\CCCCCCCCCC)COP(=O)([O-])OCC[N+](C)(C)C. The van der Waals surface area contributed by atoms with E-state index in [0.717, 1.165) is 77.0 Å². The number of ether oxygens (including phenoxy) is 2. The maximum absolute atomic E-state index is 12.8. The Hall–Kier alpha value is -2.81. The number of hydrogen-bond acceptors (Lipinski definition) is 8. The summed E-state index contributed by atoms with van der Waals surface area (Å²) in [5.41, 5.74) is 0. The van der Waals surface area contributed by atoms with Crippen LogP contribution in [0.1, 0.15) is 296 Å². The van der Waals surface area contributed by atoms with Crippen LogP contribution in [-0.2, 0) is 32.7 Å². The van der Waals surface area contributed by atoms with Gasteiger partial charge in [-0.3, -0.25) is 14.2 Å². The largest absolute Gasteiger partial charge is 0.756 e. The Labute approximate surface area is 494 Å². The van der Waals surface area contributed by atoms with Crippen LogP contribution in [0.5, 0.6) is 0 Å². The van der Waals surface area contributed by atoms with Crippen molar-refractivity contribution in [3.8, 4) is 0 Å². The molecule has 0 aromatic carbocycles. The second kappa shape index (κ2) is 60.8. The molecule has 0 heterocycles. The second-order valence-corrected chi connectivity index (χ2v) is 24.9. The molecule has 0 radical (unpaired) electrons. The summed E-state index contributed by atoms with van der Waals surface area (Å²) in [6.45, 7) is 4.16. The number of rotatable bonds is 61. The van der Waals surface area contributed by atoms with E-state index in [4.69, 9.17) is 18.5 Å². The molecule has 10 heteroatoms. The van der Waals surface area contributed by atoms with Crippen LogP contribution in [0.4, 0.5) is 0 Å². The standard InChI is InChI=1S/C70H126NO8P/c1-6-8-10-12-14-16-18-20-22-24-26-28-30-32-33-34-35-36-37-39-41-43-45-47-49-51-53-55-57-59-61-63-70(73)79-68(67-78-80(74,75)77-65-64-71(3,4)5)66-76-69(72)62-60-58-56-54-52-50-48-46-44-42-40-38-31-29-27-25-23-21-19-17-15-13-11-9-7-2/h8,10,14,16,20,22,25-28,32-33,35-36,68H,6-7,9,11-13,15,17-19,21,23-24,29-31,34,37-67H2,1-5H3/b10-8-,16-14-,22-20-,27-25-,28-26-,33-32-,36-35-. The van der Waals surface area contributed by atoms with Gasteiger partial charge in [0.05, 0.1) is 27.7 Å². The number of carbonyl (C=O) groups is 2. The summed E-state index contributed by atoms with van der Waals surface area (Å²) >= 11 is 0. The number of unbranched alkanes of at least 4 members (excludes halogenated alkanes) is 33. The lowest BCUT2D eigenvalue weighted by molar-refractivity contribution is -0.870. The number of phosphoric ester groups is 1. The van der Waals surface area contributed by atoms with Crippen LogP contribution < -0.4 is 4.89 Å². The van der Waals surface area contributed by atoms with E-state index >= 15 is 0 Å². The van der Waals surface area contributed by atoms with Gasteiger partial charge in [0.15, 0.2) is 6.10 Å². The van der Waals surface area contributed by atoms with Gasteiger partial charge < -0.3 is 27.9 Å². The first kappa shape index (κ1) is 77.2. The Balaban J connectivity index is 4.09. The van der Waals surface area contributed by atoms with Crippen molar-refractivity contribution in [3.05, 3.63) is 85.1 Å². The third-order valence-corrected chi connectivity index (χ3v) is 15.4. The number of hydrogen-bond donors (Lipinski definition) is 0. The maximum Gasteiger partial charge on any atom is 0.306 e. The van der Waals surface area contributed by atoms with Crippen molar-refractivity contribution in [3.63, 3.8) is 0 Å². The number of quaternary nitrogens is 1. The zero-order valence-electron chi connectivity index (χ0n) is 52.8. The van der Waals surface area contributed by atoms with Gasteiger partial charge in [0.1, 0.15) is 19.8 Å². The predicted molar refractivity (Wildman–Crippen MR) is 342 cm³/mol. The third kappa shape index (κ3) is 64.4. The molecule has 0 saturated heterocycles. The van der Waals surface area contributed by atoms with Crippen molar-refractivity contribution in [2.45, 2.75) is 302 Å². The molecule has 80 heavy (non-hydrogen) atoms. The van der Waals surface area contributed by atoms with E-state index in [1.165, 1.54) is 186 Å². The topological polar surface area (TPSA) is 111 Å². The molecule has 0 rings (SSSR count). The molecule has 0 saturated carbocycles. The number of carbonyl (C=O) groups excluding carboxylic acids is 2. The molecular weight excluding hydrogens is 1010 g/mol. The summed E-state index contributed by atoms with van der Waals surface area (Å²) in [4.78, 5) is 38.0. The van der Waals surface area contributed by atoms with Gasteiger partial charge in [-0.05, 0) is 89.9 Å². The first-order valence-electron chi connectivity index (χ1n) is 33.3. The zero-order chi connectivity index (χ0) is 58.4. The van der Waals surface area contributed by atoms with E-state index in [0.29, 0.717) is 17.4 Å². The lowest BCUT2D eigenvalue weighted by Crippen LogP contribution is -2.37. The van der Waals surface area contributed by atoms with Crippen LogP contribution in [0, 0.1) is 0 Å². The molecule has 464 valence electrons. The molecule has 0 bridgehead atoms. The summed E-state index contributed by atoms with van der Waals surface area (Å²) in [5, 5.41) is 0. The highest BCUT2D eigenvalue weighted by Gasteiger charge is 2.22. The van der Waals surface area contributed by atoms with Crippen LogP contribution in [0.3, 0.4) is 0 Å². The molecule has 0 aliphatic heterocycles. The average molecular weight is 1140 g/mol.